The molecule has 0 amide bonds. The van der Waals surface area contributed by atoms with E-state index in [4.69, 9.17) is 4.42 Å². The van der Waals surface area contributed by atoms with Crippen molar-refractivity contribution in [1.29, 1.82) is 0 Å². The topological polar surface area (TPSA) is 67.1 Å². The van der Waals surface area contributed by atoms with Gasteiger partial charge in [0.05, 0.1) is 5.56 Å². The van der Waals surface area contributed by atoms with Crippen molar-refractivity contribution in [1.82, 2.24) is 20.5 Å². The molecule has 0 radical (unpaired) electrons. The third kappa shape index (κ3) is 2.06. The molecular formula is C12H15N5O. The Kier molecular flexibility index (Phi) is 2.93. The molecule has 1 aliphatic heterocycles. The summed E-state index contributed by atoms with van der Waals surface area (Å²) < 4.78 is 5.50. The number of aromatic nitrogens is 3. The summed E-state index contributed by atoms with van der Waals surface area (Å²) in [5.41, 5.74) is 0.903. The molecule has 0 spiro atoms. The lowest BCUT2D eigenvalue weighted by atomic mass is 10.2. The van der Waals surface area contributed by atoms with Crippen LogP contribution in [-0.4, -0.2) is 41.4 Å². The summed E-state index contributed by atoms with van der Waals surface area (Å²) in [5.74, 6) is 2.02. The third-order valence-electron chi connectivity index (χ3n) is 2.96. The summed E-state index contributed by atoms with van der Waals surface area (Å²) >= 11 is 0. The van der Waals surface area contributed by atoms with E-state index < -0.39 is 0 Å². The van der Waals surface area contributed by atoms with E-state index in [1.165, 1.54) is 0 Å². The normalized spacial score (nSPS) is 15.9. The van der Waals surface area contributed by atoms with Gasteiger partial charge < -0.3 is 14.6 Å². The van der Waals surface area contributed by atoms with Crippen molar-refractivity contribution in [3.05, 3.63) is 24.2 Å². The van der Waals surface area contributed by atoms with Gasteiger partial charge in [-0.05, 0) is 12.1 Å². The van der Waals surface area contributed by atoms with E-state index >= 15 is 0 Å². The van der Waals surface area contributed by atoms with Crippen LogP contribution in [-0.2, 0) is 0 Å². The molecule has 1 saturated heterocycles. The first-order valence-electron chi connectivity index (χ1n) is 6.06. The highest BCUT2D eigenvalue weighted by molar-refractivity contribution is 5.69. The average Bonchev–Trinajstić information content (AvgIpc) is 2.86. The summed E-state index contributed by atoms with van der Waals surface area (Å²) in [6.07, 6.45) is 1.80. The van der Waals surface area contributed by atoms with E-state index in [-0.39, 0.29) is 0 Å². The van der Waals surface area contributed by atoms with Crippen LogP contribution in [0.25, 0.3) is 11.5 Å². The molecule has 0 atom stereocenters. The Morgan fingerprint density at radius 3 is 2.83 bits per heavy atom. The van der Waals surface area contributed by atoms with E-state index in [0.29, 0.717) is 11.8 Å². The minimum atomic E-state index is 0.536. The van der Waals surface area contributed by atoms with Crippen molar-refractivity contribution in [3.8, 4) is 11.5 Å². The van der Waals surface area contributed by atoms with Gasteiger partial charge in [0.1, 0.15) is 5.82 Å². The highest BCUT2D eigenvalue weighted by Gasteiger charge is 2.18. The highest BCUT2D eigenvalue weighted by atomic mass is 16.4. The van der Waals surface area contributed by atoms with Gasteiger partial charge in [0.15, 0.2) is 0 Å². The summed E-state index contributed by atoms with van der Waals surface area (Å²) in [6, 6.07) is 3.86. The number of rotatable bonds is 2. The van der Waals surface area contributed by atoms with E-state index in [0.717, 1.165) is 37.6 Å². The zero-order valence-electron chi connectivity index (χ0n) is 10.3. The summed E-state index contributed by atoms with van der Waals surface area (Å²) in [7, 11) is 0. The van der Waals surface area contributed by atoms with Gasteiger partial charge >= 0.3 is 0 Å². The van der Waals surface area contributed by atoms with Crippen LogP contribution < -0.4 is 10.2 Å². The van der Waals surface area contributed by atoms with Crippen LogP contribution in [0.5, 0.6) is 0 Å². The molecule has 18 heavy (non-hydrogen) atoms. The van der Waals surface area contributed by atoms with Crippen LogP contribution in [0.15, 0.2) is 22.7 Å². The van der Waals surface area contributed by atoms with Crippen molar-refractivity contribution in [2.45, 2.75) is 6.92 Å². The second-order valence-electron chi connectivity index (χ2n) is 4.24. The molecule has 3 rings (SSSR count). The Balaban J connectivity index is 1.99. The Bertz CT molecular complexity index is 533. The number of nitrogens with one attached hydrogen (secondary N) is 1. The quantitative estimate of drug-likeness (QED) is 0.846. The van der Waals surface area contributed by atoms with Gasteiger partial charge in [-0.15, -0.1) is 10.2 Å². The van der Waals surface area contributed by atoms with E-state index in [2.05, 4.69) is 25.4 Å². The molecule has 94 valence electrons. The van der Waals surface area contributed by atoms with Crippen LogP contribution in [0.4, 0.5) is 5.82 Å². The largest absolute Gasteiger partial charge is 0.421 e. The van der Waals surface area contributed by atoms with E-state index in [1.54, 1.807) is 13.1 Å². The highest BCUT2D eigenvalue weighted by Crippen LogP contribution is 2.27. The van der Waals surface area contributed by atoms with Crippen LogP contribution in [0.2, 0.25) is 0 Å². The Hall–Kier alpha value is -1.95. The molecule has 1 fully saturated rings. The first-order valence-corrected chi connectivity index (χ1v) is 6.06. The molecule has 6 nitrogen and oxygen atoms in total. The Morgan fingerprint density at radius 1 is 1.28 bits per heavy atom. The number of hydrogen-bond donors (Lipinski definition) is 1. The molecule has 0 bridgehead atoms. The van der Waals surface area contributed by atoms with Gasteiger partial charge in [-0.2, -0.15) is 0 Å². The number of hydrogen-bond acceptors (Lipinski definition) is 6. The van der Waals surface area contributed by atoms with Crippen molar-refractivity contribution >= 4 is 5.82 Å². The summed E-state index contributed by atoms with van der Waals surface area (Å²) in [5, 5.41) is 11.3. The molecule has 0 unspecified atom stereocenters. The van der Waals surface area contributed by atoms with Gasteiger partial charge in [-0.1, -0.05) is 0 Å². The number of piperazine rings is 1. The second-order valence-corrected chi connectivity index (χ2v) is 4.24. The standard InChI is InChI=1S/C12H15N5O/c1-9-15-16-12(18-9)10-3-2-4-14-11(10)17-7-5-13-6-8-17/h2-4,13H,5-8H2,1H3. The minimum Gasteiger partial charge on any atom is -0.421 e. The lowest BCUT2D eigenvalue weighted by Crippen LogP contribution is -2.44. The number of aryl methyl sites for hydroxylation is 1. The first-order chi connectivity index (χ1) is 8.84. The molecule has 2 aromatic heterocycles. The summed E-state index contributed by atoms with van der Waals surface area (Å²) in [6.45, 7) is 5.61. The molecule has 3 heterocycles. The van der Waals surface area contributed by atoms with Crippen LogP contribution in [0.3, 0.4) is 0 Å². The number of nitrogens with zero attached hydrogens (tertiary/aromatic N) is 4. The smallest absolute Gasteiger partial charge is 0.251 e. The van der Waals surface area contributed by atoms with Crippen molar-refractivity contribution in [2.24, 2.45) is 0 Å². The minimum absolute atomic E-state index is 0.536. The van der Waals surface area contributed by atoms with E-state index in [9.17, 15) is 0 Å². The second kappa shape index (κ2) is 4.73. The van der Waals surface area contributed by atoms with Crippen LogP contribution >= 0.6 is 0 Å². The Morgan fingerprint density at radius 2 is 2.11 bits per heavy atom. The Labute approximate surface area is 105 Å². The first kappa shape index (κ1) is 11.2. The SMILES string of the molecule is Cc1nnc(-c2cccnc2N2CCNCC2)o1. The number of anilines is 1. The van der Waals surface area contributed by atoms with Crippen LogP contribution in [0, 0.1) is 6.92 Å². The summed E-state index contributed by atoms with van der Waals surface area (Å²) in [4.78, 5) is 6.70. The molecule has 1 aliphatic rings. The molecule has 0 saturated carbocycles. The maximum absolute atomic E-state index is 5.50. The van der Waals surface area contributed by atoms with E-state index in [1.807, 2.05) is 12.1 Å². The maximum Gasteiger partial charge on any atom is 0.251 e. The van der Waals surface area contributed by atoms with Gasteiger partial charge in [0.2, 0.25) is 5.89 Å². The molecule has 1 N–H and O–H groups in total. The molecule has 0 aliphatic carbocycles. The maximum atomic E-state index is 5.50. The van der Waals surface area contributed by atoms with Gasteiger partial charge in [-0.25, -0.2) is 4.98 Å². The lowest BCUT2D eigenvalue weighted by molar-refractivity contribution is 0.531. The van der Waals surface area contributed by atoms with Crippen molar-refractivity contribution in [2.75, 3.05) is 31.1 Å². The predicted octanol–water partition coefficient (Wildman–Crippen LogP) is 0.850. The third-order valence-corrected chi connectivity index (χ3v) is 2.96. The molecule has 0 aromatic carbocycles. The molecular weight excluding hydrogens is 230 g/mol. The zero-order chi connectivity index (χ0) is 12.4. The average molecular weight is 245 g/mol. The zero-order valence-corrected chi connectivity index (χ0v) is 10.3. The van der Waals surface area contributed by atoms with Gasteiger partial charge in [-0.3, -0.25) is 0 Å². The molecule has 6 heteroatoms. The van der Waals surface area contributed by atoms with Crippen molar-refractivity contribution < 1.29 is 4.42 Å². The molecule has 2 aromatic rings. The fraction of sp³-hybridized carbons (Fsp3) is 0.417. The van der Waals surface area contributed by atoms with Gasteiger partial charge in [0, 0.05) is 39.3 Å². The van der Waals surface area contributed by atoms with Crippen LogP contribution in [0.1, 0.15) is 5.89 Å². The lowest BCUT2D eigenvalue weighted by Gasteiger charge is -2.29. The van der Waals surface area contributed by atoms with Crippen molar-refractivity contribution in [3.63, 3.8) is 0 Å². The predicted molar refractivity (Wildman–Crippen MR) is 67.3 cm³/mol. The number of pyridine rings is 1. The van der Waals surface area contributed by atoms with Gasteiger partial charge in [0.25, 0.3) is 5.89 Å². The fourth-order valence-corrected chi connectivity index (χ4v) is 2.10. The monoisotopic (exact) mass is 245 g/mol. The fourth-order valence-electron chi connectivity index (χ4n) is 2.10.